The number of thioether (sulfide) groups is 1. The number of hydrogen-bond acceptors (Lipinski definition) is 2. The van der Waals surface area contributed by atoms with E-state index in [2.05, 4.69) is 22.8 Å². The van der Waals surface area contributed by atoms with Crippen LogP contribution in [0.15, 0.2) is 53.4 Å². The third-order valence-corrected chi connectivity index (χ3v) is 6.00. The van der Waals surface area contributed by atoms with E-state index >= 15 is 0 Å². The maximum atomic E-state index is 13.2. The average molecular weight is 356 g/mol. The number of urea groups is 1. The first-order chi connectivity index (χ1) is 12.2. The molecule has 2 aromatic rings. The summed E-state index contributed by atoms with van der Waals surface area (Å²) in [7, 11) is 0. The zero-order valence-electron chi connectivity index (χ0n) is 13.9. The maximum Gasteiger partial charge on any atom is 0.315 e. The monoisotopic (exact) mass is 356 g/mol. The van der Waals surface area contributed by atoms with Crippen molar-refractivity contribution in [2.45, 2.75) is 36.2 Å². The number of hydrogen-bond donors (Lipinski definition) is 2. The summed E-state index contributed by atoms with van der Waals surface area (Å²) in [5, 5.41) is 6.25. The lowest BCUT2D eigenvalue weighted by Gasteiger charge is -2.27. The second kappa shape index (κ2) is 7.08. The number of benzene rings is 2. The van der Waals surface area contributed by atoms with Gasteiger partial charge in [-0.3, -0.25) is 0 Å². The van der Waals surface area contributed by atoms with Crippen LogP contribution in [-0.2, 0) is 0 Å². The van der Waals surface area contributed by atoms with E-state index in [0.29, 0.717) is 5.92 Å². The van der Waals surface area contributed by atoms with Crippen LogP contribution in [0.5, 0.6) is 0 Å². The molecule has 1 fully saturated rings. The van der Waals surface area contributed by atoms with Crippen LogP contribution in [0.3, 0.4) is 0 Å². The van der Waals surface area contributed by atoms with E-state index < -0.39 is 0 Å². The number of amides is 2. The summed E-state index contributed by atoms with van der Waals surface area (Å²) >= 11 is 1.84. The second-order valence-electron chi connectivity index (χ2n) is 6.71. The van der Waals surface area contributed by atoms with E-state index in [1.807, 2.05) is 23.9 Å². The molecule has 2 aromatic carbocycles. The highest BCUT2D eigenvalue weighted by atomic mass is 32.2. The fourth-order valence-electron chi connectivity index (χ4n) is 3.41. The van der Waals surface area contributed by atoms with Crippen LogP contribution in [0.4, 0.5) is 9.18 Å². The summed E-state index contributed by atoms with van der Waals surface area (Å²) < 4.78 is 13.2. The van der Waals surface area contributed by atoms with Gasteiger partial charge >= 0.3 is 6.03 Å². The Bertz CT molecular complexity index is 761. The van der Waals surface area contributed by atoms with Gasteiger partial charge in [-0.1, -0.05) is 30.3 Å². The first-order valence-corrected chi connectivity index (χ1v) is 9.73. The van der Waals surface area contributed by atoms with E-state index in [1.165, 1.54) is 22.6 Å². The lowest BCUT2D eigenvalue weighted by Crippen LogP contribution is -2.41. The van der Waals surface area contributed by atoms with Crippen molar-refractivity contribution in [3.05, 3.63) is 65.5 Å². The van der Waals surface area contributed by atoms with Gasteiger partial charge in [0.2, 0.25) is 0 Å². The first kappa shape index (κ1) is 16.5. The van der Waals surface area contributed by atoms with Crippen LogP contribution < -0.4 is 10.6 Å². The third kappa shape index (κ3) is 3.82. The normalized spacial score (nSPS) is 20.4. The molecule has 25 heavy (non-hydrogen) atoms. The summed E-state index contributed by atoms with van der Waals surface area (Å²) in [6.45, 7) is 0. The number of carbonyl (C=O) groups is 1. The molecule has 1 aliphatic carbocycles. The topological polar surface area (TPSA) is 41.1 Å². The zero-order valence-corrected chi connectivity index (χ0v) is 14.7. The van der Waals surface area contributed by atoms with Crippen molar-refractivity contribution < 1.29 is 9.18 Å². The van der Waals surface area contributed by atoms with Crippen LogP contribution in [0.1, 0.15) is 42.5 Å². The van der Waals surface area contributed by atoms with Crippen molar-refractivity contribution in [1.29, 1.82) is 0 Å². The third-order valence-electron chi connectivity index (χ3n) is 4.87. The highest BCUT2D eigenvalue weighted by molar-refractivity contribution is 7.99. The van der Waals surface area contributed by atoms with Crippen molar-refractivity contribution in [3.63, 3.8) is 0 Å². The van der Waals surface area contributed by atoms with Gasteiger partial charge in [0, 0.05) is 10.6 Å². The Morgan fingerprint density at radius 1 is 1.08 bits per heavy atom. The number of carbonyl (C=O) groups excluding carboxylic acids is 1. The molecule has 0 saturated heterocycles. The van der Waals surface area contributed by atoms with Gasteiger partial charge in [0.05, 0.1) is 12.1 Å². The van der Waals surface area contributed by atoms with Crippen LogP contribution in [0.25, 0.3) is 0 Å². The number of halogens is 1. The number of rotatable bonds is 4. The lowest BCUT2D eigenvalue weighted by atomic mass is 10.0. The van der Waals surface area contributed by atoms with Gasteiger partial charge in [0.15, 0.2) is 0 Å². The van der Waals surface area contributed by atoms with E-state index in [1.54, 1.807) is 12.1 Å². The fraction of sp³-hybridized carbons (Fsp3) is 0.350. The van der Waals surface area contributed by atoms with Crippen molar-refractivity contribution in [3.8, 4) is 0 Å². The lowest BCUT2D eigenvalue weighted by molar-refractivity contribution is 0.231. The fourth-order valence-corrected chi connectivity index (χ4v) is 4.53. The molecule has 1 heterocycles. The van der Waals surface area contributed by atoms with E-state index in [9.17, 15) is 9.18 Å². The summed E-state index contributed by atoms with van der Waals surface area (Å²) in [5.41, 5.74) is 2.16. The Kier molecular flexibility index (Phi) is 4.66. The summed E-state index contributed by atoms with van der Waals surface area (Å²) in [4.78, 5) is 13.8. The Morgan fingerprint density at radius 2 is 1.84 bits per heavy atom. The number of nitrogens with one attached hydrogen (secondary N) is 2. The number of fused-ring (bicyclic) bond motifs is 1. The van der Waals surface area contributed by atoms with Gasteiger partial charge in [0.25, 0.3) is 0 Å². The van der Waals surface area contributed by atoms with Crippen LogP contribution >= 0.6 is 11.8 Å². The molecule has 0 bridgehead atoms. The van der Waals surface area contributed by atoms with Gasteiger partial charge in [-0.2, -0.15) is 0 Å². The first-order valence-electron chi connectivity index (χ1n) is 8.75. The molecule has 2 atom stereocenters. The van der Waals surface area contributed by atoms with Gasteiger partial charge < -0.3 is 10.6 Å². The minimum Gasteiger partial charge on any atom is -0.331 e. The van der Waals surface area contributed by atoms with Crippen LogP contribution in [0.2, 0.25) is 0 Å². The van der Waals surface area contributed by atoms with E-state index in [4.69, 9.17) is 0 Å². The van der Waals surface area contributed by atoms with Crippen molar-refractivity contribution in [1.82, 2.24) is 10.6 Å². The van der Waals surface area contributed by atoms with E-state index in [-0.39, 0.29) is 23.9 Å². The maximum absolute atomic E-state index is 13.2. The Balaban J connectivity index is 1.45. The average Bonchev–Trinajstić information content (AvgIpc) is 3.46. The molecule has 2 unspecified atom stereocenters. The van der Waals surface area contributed by atoms with Gasteiger partial charge in [-0.25, -0.2) is 9.18 Å². The molecule has 0 aromatic heterocycles. The summed E-state index contributed by atoms with van der Waals surface area (Å²) in [6, 6.07) is 14.6. The second-order valence-corrected chi connectivity index (χ2v) is 7.85. The molecule has 0 spiro atoms. The summed E-state index contributed by atoms with van der Waals surface area (Å²) in [6.07, 6.45) is 3.14. The Hall–Kier alpha value is -2.01. The van der Waals surface area contributed by atoms with Crippen molar-refractivity contribution in [2.75, 3.05) is 5.75 Å². The highest BCUT2D eigenvalue weighted by Gasteiger charge is 2.34. The minimum atomic E-state index is -0.251. The molecule has 2 aliphatic rings. The van der Waals surface area contributed by atoms with Gasteiger partial charge in [0.1, 0.15) is 5.82 Å². The minimum absolute atomic E-state index is 0.0468. The molecule has 3 nitrogen and oxygen atoms in total. The van der Waals surface area contributed by atoms with Crippen LogP contribution in [0, 0.1) is 11.7 Å². The van der Waals surface area contributed by atoms with Crippen molar-refractivity contribution in [2.24, 2.45) is 5.92 Å². The van der Waals surface area contributed by atoms with Gasteiger partial charge in [-0.05, 0) is 54.5 Å². The highest BCUT2D eigenvalue weighted by Crippen LogP contribution is 2.41. The molecule has 5 heteroatoms. The molecule has 1 aliphatic heterocycles. The van der Waals surface area contributed by atoms with Gasteiger partial charge in [-0.15, -0.1) is 11.8 Å². The Morgan fingerprint density at radius 3 is 2.60 bits per heavy atom. The van der Waals surface area contributed by atoms with Crippen LogP contribution in [-0.4, -0.2) is 11.8 Å². The van der Waals surface area contributed by atoms with E-state index in [0.717, 1.165) is 30.6 Å². The molecule has 130 valence electrons. The molecule has 0 radical (unpaired) electrons. The molecule has 1 saturated carbocycles. The summed E-state index contributed by atoms with van der Waals surface area (Å²) in [5.74, 6) is 1.20. The Labute approximate surface area is 151 Å². The molecular formula is C20H21FN2OS. The predicted octanol–water partition coefficient (Wildman–Crippen LogP) is 4.81. The SMILES string of the molecule is O=C(NC1CCSc2ccccc21)NC(c1ccc(F)cc1)C1CC1. The predicted molar refractivity (Wildman–Crippen MR) is 98.1 cm³/mol. The smallest absolute Gasteiger partial charge is 0.315 e. The molecule has 2 N–H and O–H groups in total. The molecule has 4 rings (SSSR count). The largest absolute Gasteiger partial charge is 0.331 e. The standard InChI is InChI=1S/C20H21FN2OS/c21-15-9-7-14(8-10-15)19(13-5-6-13)23-20(24)22-17-11-12-25-18-4-2-1-3-16(17)18/h1-4,7-10,13,17,19H,5-6,11-12H2,(H2,22,23,24). The zero-order chi connectivity index (χ0) is 17.2. The molecular weight excluding hydrogens is 335 g/mol. The molecule has 2 amide bonds. The van der Waals surface area contributed by atoms with Crippen molar-refractivity contribution >= 4 is 17.8 Å². The quantitative estimate of drug-likeness (QED) is 0.825.